The minimum atomic E-state index is -1.13. The van der Waals surface area contributed by atoms with Gasteiger partial charge in [0.1, 0.15) is 6.07 Å². The monoisotopic (exact) mass is 273 g/mol. The predicted octanol–water partition coefficient (Wildman–Crippen LogP) is 3.36. The molecular formula is C16H19NO3. The number of nitrogens with zero attached hydrogens (tertiary/aromatic N) is 1. The molecule has 0 aliphatic heterocycles. The van der Waals surface area contributed by atoms with E-state index < -0.39 is 5.97 Å². The van der Waals surface area contributed by atoms with E-state index in [0.717, 1.165) is 24.8 Å². The van der Waals surface area contributed by atoms with Gasteiger partial charge in [0, 0.05) is 5.57 Å². The Kier molecular flexibility index (Phi) is 5.79. The fraction of sp³-hybridized carbons (Fsp3) is 0.375. The number of hydrogen-bond donors (Lipinski definition) is 1. The molecule has 4 nitrogen and oxygen atoms in total. The van der Waals surface area contributed by atoms with E-state index in [4.69, 9.17) is 9.84 Å². The third kappa shape index (κ3) is 3.39. The minimum absolute atomic E-state index is 0.130. The average Bonchev–Trinajstić information content (AvgIpc) is 2.44. The van der Waals surface area contributed by atoms with Crippen molar-refractivity contribution in [1.82, 2.24) is 0 Å². The van der Waals surface area contributed by atoms with E-state index in [9.17, 15) is 10.1 Å². The van der Waals surface area contributed by atoms with Gasteiger partial charge in [-0.1, -0.05) is 31.5 Å². The molecule has 4 heteroatoms. The van der Waals surface area contributed by atoms with Crippen LogP contribution in [-0.2, 0) is 16.0 Å². The molecule has 1 aromatic carbocycles. The van der Waals surface area contributed by atoms with Gasteiger partial charge in [-0.25, -0.2) is 4.79 Å². The van der Waals surface area contributed by atoms with Crippen molar-refractivity contribution in [2.45, 2.75) is 33.1 Å². The first-order chi connectivity index (χ1) is 9.56. The number of carboxylic acid groups (broad SMARTS) is 1. The van der Waals surface area contributed by atoms with Crippen molar-refractivity contribution in [3.63, 3.8) is 0 Å². The molecule has 0 heterocycles. The zero-order chi connectivity index (χ0) is 15.1. The molecule has 0 fully saturated rings. The SMILES string of the molecule is CCCCc1cccc(C(C)=C(OC)C(=O)O)c1C#N. The Labute approximate surface area is 119 Å². The molecule has 0 radical (unpaired) electrons. The number of benzene rings is 1. The molecule has 0 bridgehead atoms. The summed E-state index contributed by atoms with van der Waals surface area (Å²) in [6.45, 7) is 3.75. The van der Waals surface area contributed by atoms with E-state index in [2.05, 4.69) is 13.0 Å². The van der Waals surface area contributed by atoms with Gasteiger partial charge in [-0.05, 0) is 30.9 Å². The molecule has 0 saturated heterocycles. The Morgan fingerprint density at radius 3 is 2.65 bits per heavy atom. The van der Waals surface area contributed by atoms with Crippen LogP contribution in [-0.4, -0.2) is 18.2 Å². The van der Waals surface area contributed by atoms with Gasteiger partial charge in [0.25, 0.3) is 0 Å². The lowest BCUT2D eigenvalue weighted by atomic mass is 9.93. The molecular weight excluding hydrogens is 254 g/mol. The second-order valence-corrected chi connectivity index (χ2v) is 4.52. The van der Waals surface area contributed by atoms with E-state index >= 15 is 0 Å². The van der Waals surface area contributed by atoms with Crippen LogP contribution >= 0.6 is 0 Å². The van der Waals surface area contributed by atoms with Crippen molar-refractivity contribution in [3.8, 4) is 6.07 Å². The number of allylic oxidation sites excluding steroid dienone is 1. The van der Waals surface area contributed by atoms with Gasteiger partial charge in [0.05, 0.1) is 12.7 Å². The lowest BCUT2D eigenvalue weighted by Gasteiger charge is -2.12. The summed E-state index contributed by atoms with van der Waals surface area (Å²) in [5.74, 6) is -1.26. The third-order valence-corrected chi connectivity index (χ3v) is 3.21. The number of carbonyl (C=O) groups is 1. The summed E-state index contributed by atoms with van der Waals surface area (Å²) >= 11 is 0. The Bertz CT molecular complexity index is 568. The number of hydrogen-bond acceptors (Lipinski definition) is 3. The second-order valence-electron chi connectivity index (χ2n) is 4.52. The molecule has 0 amide bonds. The smallest absolute Gasteiger partial charge is 0.371 e. The highest BCUT2D eigenvalue weighted by Gasteiger charge is 2.17. The summed E-state index contributed by atoms with van der Waals surface area (Å²) < 4.78 is 4.92. The van der Waals surface area contributed by atoms with Crippen molar-refractivity contribution >= 4 is 11.5 Å². The van der Waals surface area contributed by atoms with Gasteiger partial charge >= 0.3 is 5.97 Å². The van der Waals surface area contributed by atoms with Gasteiger partial charge in [-0.2, -0.15) is 5.26 Å². The summed E-state index contributed by atoms with van der Waals surface area (Å²) in [6.07, 6.45) is 2.86. The van der Waals surface area contributed by atoms with E-state index in [1.54, 1.807) is 13.0 Å². The van der Waals surface area contributed by atoms with Crippen LogP contribution in [0.5, 0.6) is 0 Å². The number of rotatable bonds is 6. The summed E-state index contributed by atoms with van der Waals surface area (Å²) in [7, 11) is 1.32. The topological polar surface area (TPSA) is 70.3 Å². The van der Waals surface area contributed by atoms with Gasteiger partial charge in [-0.3, -0.25) is 0 Å². The Morgan fingerprint density at radius 1 is 1.45 bits per heavy atom. The number of nitriles is 1. The minimum Gasteiger partial charge on any atom is -0.490 e. The van der Waals surface area contributed by atoms with Crippen LogP contribution in [0.3, 0.4) is 0 Å². The van der Waals surface area contributed by atoms with Crippen molar-refractivity contribution < 1.29 is 14.6 Å². The molecule has 0 aromatic heterocycles. The number of unbranched alkanes of at least 4 members (excludes halogenated alkanes) is 1. The van der Waals surface area contributed by atoms with Crippen molar-refractivity contribution in [2.24, 2.45) is 0 Å². The quantitative estimate of drug-likeness (QED) is 0.637. The third-order valence-electron chi connectivity index (χ3n) is 3.21. The maximum absolute atomic E-state index is 11.1. The zero-order valence-corrected chi connectivity index (χ0v) is 12.1. The van der Waals surface area contributed by atoms with Gasteiger partial charge in [-0.15, -0.1) is 0 Å². The van der Waals surface area contributed by atoms with Crippen LogP contribution in [0, 0.1) is 11.3 Å². The molecule has 0 unspecified atom stereocenters. The second kappa shape index (κ2) is 7.34. The number of ether oxygens (including phenoxy) is 1. The fourth-order valence-corrected chi connectivity index (χ4v) is 2.14. The highest BCUT2D eigenvalue weighted by Crippen LogP contribution is 2.25. The molecule has 0 aliphatic carbocycles. The highest BCUT2D eigenvalue weighted by atomic mass is 16.5. The van der Waals surface area contributed by atoms with Gasteiger partial charge < -0.3 is 9.84 Å². The highest BCUT2D eigenvalue weighted by molar-refractivity contribution is 5.94. The molecule has 0 spiro atoms. The van der Waals surface area contributed by atoms with Crippen LogP contribution in [0.25, 0.3) is 5.57 Å². The summed E-state index contributed by atoms with van der Waals surface area (Å²) in [5, 5.41) is 18.5. The number of methoxy groups -OCH3 is 1. The number of aliphatic carboxylic acids is 1. The standard InChI is InChI=1S/C16H19NO3/c1-4-5-7-12-8-6-9-13(14(12)10-17)11(2)15(20-3)16(18)19/h6,8-9H,4-5,7H2,1-3H3,(H,18,19). The fourth-order valence-electron chi connectivity index (χ4n) is 2.14. The maximum atomic E-state index is 11.1. The maximum Gasteiger partial charge on any atom is 0.371 e. The Hall–Kier alpha value is -2.28. The van der Waals surface area contributed by atoms with Crippen molar-refractivity contribution in [3.05, 3.63) is 40.6 Å². The van der Waals surface area contributed by atoms with E-state index in [0.29, 0.717) is 16.7 Å². The molecule has 1 aromatic rings. The molecule has 0 aliphatic rings. The lowest BCUT2D eigenvalue weighted by molar-refractivity contribution is -0.135. The van der Waals surface area contributed by atoms with E-state index in [1.807, 2.05) is 12.1 Å². The molecule has 1 rings (SSSR count). The van der Waals surface area contributed by atoms with Crippen LogP contribution in [0.15, 0.2) is 24.0 Å². The normalized spacial score (nSPS) is 11.5. The lowest BCUT2D eigenvalue weighted by Crippen LogP contribution is -2.06. The zero-order valence-electron chi connectivity index (χ0n) is 12.1. The van der Waals surface area contributed by atoms with Crippen LogP contribution < -0.4 is 0 Å². The Morgan fingerprint density at radius 2 is 2.15 bits per heavy atom. The van der Waals surface area contributed by atoms with Crippen LogP contribution in [0.2, 0.25) is 0 Å². The average molecular weight is 273 g/mol. The molecule has 0 atom stereocenters. The van der Waals surface area contributed by atoms with Crippen LogP contribution in [0.4, 0.5) is 0 Å². The van der Waals surface area contributed by atoms with Crippen LogP contribution in [0.1, 0.15) is 43.4 Å². The molecule has 20 heavy (non-hydrogen) atoms. The Balaban J connectivity index is 3.39. The van der Waals surface area contributed by atoms with Gasteiger partial charge in [0.15, 0.2) is 0 Å². The first-order valence-corrected chi connectivity index (χ1v) is 6.57. The molecule has 0 saturated carbocycles. The van der Waals surface area contributed by atoms with E-state index in [-0.39, 0.29) is 5.76 Å². The number of carboxylic acids is 1. The van der Waals surface area contributed by atoms with Gasteiger partial charge in [0.2, 0.25) is 5.76 Å². The first-order valence-electron chi connectivity index (χ1n) is 6.57. The number of aryl methyl sites for hydroxylation is 1. The summed E-state index contributed by atoms with van der Waals surface area (Å²) in [4.78, 5) is 11.1. The van der Waals surface area contributed by atoms with Crippen molar-refractivity contribution in [1.29, 1.82) is 5.26 Å². The van der Waals surface area contributed by atoms with E-state index in [1.165, 1.54) is 7.11 Å². The van der Waals surface area contributed by atoms with Crippen molar-refractivity contribution in [2.75, 3.05) is 7.11 Å². The summed E-state index contributed by atoms with van der Waals surface area (Å²) in [6, 6.07) is 7.71. The molecule has 1 N–H and O–H groups in total. The summed E-state index contributed by atoms with van der Waals surface area (Å²) in [5.41, 5.74) is 2.58. The molecule has 106 valence electrons. The largest absolute Gasteiger partial charge is 0.490 e. The predicted molar refractivity (Wildman–Crippen MR) is 77.0 cm³/mol. The first kappa shape index (κ1) is 15.8.